The topological polar surface area (TPSA) is 66.4 Å². The van der Waals surface area contributed by atoms with Gasteiger partial charge in [0.2, 0.25) is 0 Å². The zero-order valence-corrected chi connectivity index (χ0v) is 11.4. The summed E-state index contributed by atoms with van der Waals surface area (Å²) in [5.74, 6) is -1.45. The number of halogens is 1. The van der Waals surface area contributed by atoms with E-state index >= 15 is 0 Å². The number of carboxylic acids is 1. The Bertz CT molecular complexity index is 465. The van der Waals surface area contributed by atoms with Gasteiger partial charge in [-0.05, 0) is 37.3 Å². The Kier molecular flexibility index (Phi) is 6.35. The van der Waals surface area contributed by atoms with E-state index in [0.29, 0.717) is 29.8 Å². The number of thioether (sulfide) groups is 1. The Morgan fingerprint density at radius 2 is 2.11 bits per heavy atom. The molecule has 1 rings (SSSR count). The summed E-state index contributed by atoms with van der Waals surface area (Å²) in [5, 5.41) is 11.1. The summed E-state index contributed by atoms with van der Waals surface area (Å²) in [4.78, 5) is 22.5. The van der Waals surface area contributed by atoms with Crippen molar-refractivity contribution < 1.29 is 19.1 Å². The summed E-state index contributed by atoms with van der Waals surface area (Å²) < 4.78 is 13.3. The number of carbonyl (C=O) groups is 2. The maximum absolute atomic E-state index is 13.3. The van der Waals surface area contributed by atoms with E-state index in [-0.39, 0.29) is 18.1 Å². The minimum absolute atomic E-state index is 0.100. The van der Waals surface area contributed by atoms with Crippen LogP contribution in [0.2, 0.25) is 0 Å². The summed E-state index contributed by atoms with van der Waals surface area (Å²) >= 11 is 1.24. The second-order valence-corrected chi connectivity index (χ2v) is 4.80. The summed E-state index contributed by atoms with van der Waals surface area (Å²) in [6.07, 6.45) is 2.97. The van der Waals surface area contributed by atoms with Gasteiger partial charge >= 0.3 is 5.97 Å². The number of hydrogen-bond acceptors (Lipinski definition) is 3. The van der Waals surface area contributed by atoms with Gasteiger partial charge in [-0.2, -0.15) is 0 Å². The molecule has 1 aromatic rings. The molecule has 1 aromatic carbocycles. The van der Waals surface area contributed by atoms with Crippen LogP contribution in [0.15, 0.2) is 23.1 Å². The predicted octanol–water partition coefficient (Wildman–Crippen LogP) is 2.53. The van der Waals surface area contributed by atoms with Crippen LogP contribution in [0.1, 0.15) is 29.6 Å². The Morgan fingerprint density at radius 3 is 2.74 bits per heavy atom. The molecule has 0 heterocycles. The van der Waals surface area contributed by atoms with Gasteiger partial charge in [-0.25, -0.2) is 4.39 Å². The van der Waals surface area contributed by atoms with Gasteiger partial charge in [0.05, 0.1) is 0 Å². The van der Waals surface area contributed by atoms with Crippen LogP contribution in [0.25, 0.3) is 0 Å². The minimum atomic E-state index is -0.838. The first-order valence-corrected chi connectivity index (χ1v) is 7.10. The highest BCUT2D eigenvalue weighted by atomic mass is 32.2. The molecule has 0 aromatic heterocycles. The Labute approximate surface area is 115 Å². The Morgan fingerprint density at radius 1 is 1.37 bits per heavy atom. The molecule has 2 N–H and O–H groups in total. The number of benzene rings is 1. The molecule has 0 aliphatic heterocycles. The molecule has 0 saturated carbocycles. The molecule has 4 nitrogen and oxygen atoms in total. The molecular weight excluding hydrogens is 269 g/mol. The van der Waals surface area contributed by atoms with E-state index < -0.39 is 5.97 Å². The van der Waals surface area contributed by atoms with Crippen molar-refractivity contribution in [2.45, 2.75) is 24.2 Å². The number of carbonyl (C=O) groups excluding carboxylic acids is 1. The standard InChI is InChI=1S/C13H16FNO3S/c1-19-11-8-9(5-6-10(11)14)13(18)15-7-3-2-4-12(16)17/h5-6,8H,2-4,7H2,1H3,(H,15,18)(H,16,17). The van der Waals surface area contributed by atoms with Crippen LogP contribution in [-0.2, 0) is 4.79 Å². The van der Waals surface area contributed by atoms with Gasteiger partial charge in [-0.3, -0.25) is 9.59 Å². The molecule has 0 saturated heterocycles. The monoisotopic (exact) mass is 285 g/mol. The molecule has 6 heteroatoms. The molecular formula is C13H16FNO3S. The van der Waals surface area contributed by atoms with E-state index in [9.17, 15) is 14.0 Å². The third-order valence-corrected chi connectivity index (χ3v) is 3.27. The lowest BCUT2D eigenvalue weighted by molar-refractivity contribution is -0.137. The quantitative estimate of drug-likeness (QED) is 0.597. The molecule has 0 unspecified atom stereocenters. The summed E-state index contributed by atoms with van der Waals surface area (Å²) in [7, 11) is 0. The lowest BCUT2D eigenvalue weighted by Gasteiger charge is -2.06. The summed E-state index contributed by atoms with van der Waals surface area (Å²) in [6, 6.07) is 4.21. The van der Waals surface area contributed by atoms with Crippen LogP contribution in [0.4, 0.5) is 4.39 Å². The molecule has 0 aliphatic rings. The highest BCUT2D eigenvalue weighted by Gasteiger charge is 2.08. The van der Waals surface area contributed by atoms with Gasteiger partial charge in [-0.1, -0.05) is 0 Å². The van der Waals surface area contributed by atoms with Crippen LogP contribution in [0, 0.1) is 5.82 Å². The van der Waals surface area contributed by atoms with Crippen molar-refractivity contribution >= 4 is 23.6 Å². The van der Waals surface area contributed by atoms with Gasteiger partial charge < -0.3 is 10.4 Å². The van der Waals surface area contributed by atoms with Gasteiger partial charge in [0.25, 0.3) is 5.91 Å². The zero-order chi connectivity index (χ0) is 14.3. The van der Waals surface area contributed by atoms with Crippen molar-refractivity contribution in [1.29, 1.82) is 0 Å². The van der Waals surface area contributed by atoms with Crippen LogP contribution >= 0.6 is 11.8 Å². The summed E-state index contributed by atoms with van der Waals surface area (Å²) in [5.41, 5.74) is 0.406. The number of amides is 1. The lowest BCUT2D eigenvalue weighted by Crippen LogP contribution is -2.24. The van der Waals surface area contributed by atoms with E-state index in [2.05, 4.69) is 5.32 Å². The number of nitrogens with one attached hydrogen (secondary N) is 1. The molecule has 0 fully saturated rings. The third-order valence-electron chi connectivity index (χ3n) is 2.52. The van der Waals surface area contributed by atoms with E-state index in [1.165, 1.54) is 30.0 Å². The van der Waals surface area contributed by atoms with Crippen molar-refractivity contribution in [1.82, 2.24) is 5.32 Å². The van der Waals surface area contributed by atoms with Gasteiger partial charge in [0, 0.05) is 23.4 Å². The van der Waals surface area contributed by atoms with Crippen molar-refractivity contribution in [2.24, 2.45) is 0 Å². The smallest absolute Gasteiger partial charge is 0.303 e. The first-order chi connectivity index (χ1) is 9.04. The molecule has 19 heavy (non-hydrogen) atoms. The SMILES string of the molecule is CSc1cc(C(=O)NCCCCC(=O)O)ccc1F. The average molecular weight is 285 g/mol. The second kappa shape index (κ2) is 7.78. The Balaban J connectivity index is 2.43. The van der Waals surface area contributed by atoms with Crippen molar-refractivity contribution in [3.8, 4) is 0 Å². The normalized spacial score (nSPS) is 10.2. The van der Waals surface area contributed by atoms with Gasteiger partial charge in [0.15, 0.2) is 0 Å². The fourth-order valence-electron chi connectivity index (χ4n) is 1.51. The number of aliphatic carboxylic acids is 1. The van der Waals surface area contributed by atoms with Crippen molar-refractivity contribution in [2.75, 3.05) is 12.8 Å². The van der Waals surface area contributed by atoms with Gasteiger partial charge in [0.1, 0.15) is 5.82 Å². The molecule has 1 amide bonds. The van der Waals surface area contributed by atoms with Crippen LogP contribution in [0.3, 0.4) is 0 Å². The predicted molar refractivity (Wildman–Crippen MR) is 72.0 cm³/mol. The molecule has 0 aliphatic carbocycles. The first-order valence-electron chi connectivity index (χ1n) is 5.88. The third kappa shape index (κ3) is 5.30. The van der Waals surface area contributed by atoms with Crippen molar-refractivity contribution in [3.63, 3.8) is 0 Å². The highest BCUT2D eigenvalue weighted by molar-refractivity contribution is 7.98. The second-order valence-electron chi connectivity index (χ2n) is 3.96. The minimum Gasteiger partial charge on any atom is -0.481 e. The van der Waals surface area contributed by atoms with Crippen LogP contribution in [-0.4, -0.2) is 29.8 Å². The molecule has 0 atom stereocenters. The number of hydrogen-bond donors (Lipinski definition) is 2. The zero-order valence-electron chi connectivity index (χ0n) is 10.6. The van der Waals surface area contributed by atoms with Crippen molar-refractivity contribution in [3.05, 3.63) is 29.6 Å². The molecule has 0 spiro atoms. The summed E-state index contributed by atoms with van der Waals surface area (Å²) in [6.45, 7) is 0.415. The van der Waals surface area contributed by atoms with Crippen LogP contribution in [0.5, 0.6) is 0 Å². The van der Waals surface area contributed by atoms with E-state index in [4.69, 9.17) is 5.11 Å². The lowest BCUT2D eigenvalue weighted by atomic mass is 10.2. The van der Waals surface area contributed by atoms with E-state index in [1.807, 2.05) is 0 Å². The van der Waals surface area contributed by atoms with E-state index in [0.717, 1.165) is 0 Å². The van der Waals surface area contributed by atoms with E-state index in [1.54, 1.807) is 6.26 Å². The molecule has 0 bridgehead atoms. The first kappa shape index (κ1) is 15.5. The fourth-order valence-corrected chi connectivity index (χ4v) is 2.01. The number of unbranched alkanes of at least 4 members (excludes halogenated alkanes) is 1. The largest absolute Gasteiger partial charge is 0.481 e. The Hall–Kier alpha value is -1.56. The maximum atomic E-state index is 13.3. The van der Waals surface area contributed by atoms with Gasteiger partial charge in [-0.15, -0.1) is 11.8 Å². The van der Waals surface area contributed by atoms with Crippen LogP contribution < -0.4 is 5.32 Å². The fraction of sp³-hybridized carbons (Fsp3) is 0.385. The average Bonchev–Trinajstić information content (AvgIpc) is 2.38. The highest BCUT2D eigenvalue weighted by Crippen LogP contribution is 2.20. The molecule has 0 radical (unpaired) electrons. The maximum Gasteiger partial charge on any atom is 0.303 e. The molecule has 104 valence electrons. The number of rotatable bonds is 7. The number of carboxylic acid groups (broad SMARTS) is 1.